The minimum absolute atomic E-state index is 0.0849. The highest BCUT2D eigenvalue weighted by Crippen LogP contribution is 2.34. The maximum absolute atomic E-state index is 13.1. The predicted octanol–water partition coefficient (Wildman–Crippen LogP) is 3.03. The van der Waals surface area contributed by atoms with Gasteiger partial charge in [0.25, 0.3) is 0 Å². The second-order valence-corrected chi connectivity index (χ2v) is 7.77. The number of carbonyl (C=O) groups excluding carboxylic acids is 2. The first-order valence-corrected chi connectivity index (χ1v) is 9.64. The number of hydrogen-bond donors (Lipinski definition) is 2. The second-order valence-electron chi connectivity index (χ2n) is 6.86. The molecule has 1 unspecified atom stereocenters. The van der Waals surface area contributed by atoms with E-state index in [4.69, 9.17) is 4.74 Å². The summed E-state index contributed by atoms with van der Waals surface area (Å²) >= 11 is 3.44. The van der Waals surface area contributed by atoms with Crippen molar-refractivity contribution in [3.05, 3.63) is 52.0 Å². The molecule has 27 heavy (non-hydrogen) atoms. The van der Waals surface area contributed by atoms with Gasteiger partial charge in [-0.2, -0.15) is 0 Å². The van der Waals surface area contributed by atoms with Crippen LogP contribution in [0.2, 0.25) is 0 Å². The molecule has 2 atom stereocenters. The fourth-order valence-corrected chi connectivity index (χ4v) is 3.58. The van der Waals surface area contributed by atoms with Gasteiger partial charge in [-0.05, 0) is 23.6 Å². The van der Waals surface area contributed by atoms with Gasteiger partial charge in [-0.1, -0.05) is 41.9 Å². The minimum atomic E-state index is -0.700. The van der Waals surface area contributed by atoms with Crippen molar-refractivity contribution in [1.82, 2.24) is 20.2 Å². The van der Waals surface area contributed by atoms with Crippen LogP contribution in [0.4, 0.5) is 4.79 Å². The minimum Gasteiger partial charge on any atom is -0.467 e. The van der Waals surface area contributed by atoms with E-state index in [9.17, 15) is 9.59 Å². The average Bonchev–Trinajstić information content (AvgIpc) is 3.13. The third-order valence-electron chi connectivity index (χ3n) is 4.77. The molecule has 0 spiro atoms. The van der Waals surface area contributed by atoms with Crippen molar-refractivity contribution >= 4 is 27.9 Å². The number of esters is 1. The van der Waals surface area contributed by atoms with Gasteiger partial charge in [0.15, 0.2) is 0 Å². The number of H-pyrrole nitrogens is 1. The molecule has 0 saturated heterocycles. The molecule has 0 saturated carbocycles. The van der Waals surface area contributed by atoms with Crippen LogP contribution < -0.4 is 5.32 Å². The Labute approximate surface area is 166 Å². The summed E-state index contributed by atoms with van der Waals surface area (Å²) in [5.74, 6) is -0.533. The summed E-state index contributed by atoms with van der Waals surface area (Å²) in [5, 5.41) is 2.84. The Morgan fingerprint density at radius 3 is 2.67 bits per heavy atom. The van der Waals surface area contributed by atoms with Gasteiger partial charge in [-0.25, -0.2) is 14.6 Å². The molecule has 2 N–H and O–H groups in total. The highest BCUT2D eigenvalue weighted by atomic mass is 79.9. The summed E-state index contributed by atoms with van der Waals surface area (Å²) in [6, 6.07) is 6.50. The quantitative estimate of drug-likeness (QED) is 0.723. The van der Waals surface area contributed by atoms with E-state index < -0.39 is 12.0 Å². The summed E-state index contributed by atoms with van der Waals surface area (Å²) in [7, 11) is 1.32. The lowest BCUT2D eigenvalue weighted by Crippen LogP contribution is -2.53. The molecule has 7 nitrogen and oxygen atoms in total. The third kappa shape index (κ3) is 4.00. The van der Waals surface area contributed by atoms with Crippen LogP contribution in [0.25, 0.3) is 0 Å². The maximum Gasteiger partial charge on any atom is 0.328 e. The Morgan fingerprint density at radius 2 is 2.04 bits per heavy atom. The Bertz CT molecular complexity index is 819. The Balaban J connectivity index is 1.91. The van der Waals surface area contributed by atoms with Gasteiger partial charge in [0.05, 0.1) is 19.1 Å². The molecule has 0 bridgehead atoms. The molecule has 0 aliphatic carbocycles. The molecule has 0 fully saturated rings. The van der Waals surface area contributed by atoms with Gasteiger partial charge in [-0.3, -0.25) is 0 Å². The average molecular weight is 435 g/mol. The zero-order chi connectivity index (χ0) is 19.6. The van der Waals surface area contributed by atoms with Crippen LogP contribution in [0.15, 0.2) is 35.1 Å². The van der Waals surface area contributed by atoms with Crippen LogP contribution in [0, 0.1) is 5.92 Å². The molecule has 144 valence electrons. The largest absolute Gasteiger partial charge is 0.467 e. The molecule has 2 aromatic rings. The molecule has 0 radical (unpaired) electrons. The number of hydrogen-bond acceptors (Lipinski definition) is 4. The van der Waals surface area contributed by atoms with E-state index in [-0.39, 0.29) is 18.0 Å². The van der Waals surface area contributed by atoms with Crippen molar-refractivity contribution in [3.63, 3.8) is 0 Å². The number of nitrogens with one attached hydrogen (secondary N) is 2. The second kappa shape index (κ2) is 8.12. The van der Waals surface area contributed by atoms with Crippen LogP contribution in [-0.4, -0.2) is 46.6 Å². The van der Waals surface area contributed by atoms with E-state index in [0.717, 1.165) is 21.4 Å². The Hall–Kier alpha value is -2.35. The number of amides is 2. The van der Waals surface area contributed by atoms with Crippen molar-refractivity contribution in [2.45, 2.75) is 32.4 Å². The first-order chi connectivity index (χ1) is 12.9. The fourth-order valence-electron chi connectivity index (χ4n) is 3.32. The van der Waals surface area contributed by atoms with Gasteiger partial charge in [-0.15, -0.1) is 0 Å². The molecule has 8 heteroatoms. The Morgan fingerprint density at radius 1 is 1.33 bits per heavy atom. The summed E-state index contributed by atoms with van der Waals surface area (Å²) in [6.45, 7) is 4.26. The maximum atomic E-state index is 13.1. The molecule has 1 aliphatic rings. The molecular formula is C19H23BrN4O3. The van der Waals surface area contributed by atoms with E-state index in [1.807, 2.05) is 38.1 Å². The van der Waals surface area contributed by atoms with Gasteiger partial charge >= 0.3 is 12.0 Å². The Kier molecular flexibility index (Phi) is 5.84. The zero-order valence-electron chi connectivity index (χ0n) is 15.5. The number of imidazole rings is 1. The fraction of sp³-hybridized carbons (Fsp3) is 0.421. The number of benzene rings is 1. The van der Waals surface area contributed by atoms with Crippen LogP contribution in [0.1, 0.15) is 36.8 Å². The normalized spacial score (nSPS) is 17.4. The lowest BCUT2D eigenvalue weighted by molar-refractivity contribution is -0.144. The molecule has 2 heterocycles. The summed E-state index contributed by atoms with van der Waals surface area (Å²) in [4.78, 5) is 34.5. The molecule has 1 aromatic heterocycles. The molecular weight excluding hydrogens is 412 g/mol. The SMILES string of the molecule is COC(=O)[C@@H](NC(=O)N1CCc2[nH]cnc2C1c1ccc(Br)cc1)C(C)C. The zero-order valence-corrected chi connectivity index (χ0v) is 17.1. The van der Waals surface area contributed by atoms with Gasteiger partial charge in [0.2, 0.25) is 0 Å². The van der Waals surface area contributed by atoms with E-state index in [1.54, 1.807) is 11.2 Å². The van der Waals surface area contributed by atoms with E-state index >= 15 is 0 Å². The number of urea groups is 1. The van der Waals surface area contributed by atoms with Crippen LogP contribution >= 0.6 is 15.9 Å². The monoisotopic (exact) mass is 434 g/mol. The van der Waals surface area contributed by atoms with Crippen molar-refractivity contribution < 1.29 is 14.3 Å². The number of rotatable bonds is 4. The molecule has 3 rings (SSSR count). The number of aromatic amines is 1. The van der Waals surface area contributed by atoms with E-state index in [2.05, 4.69) is 31.2 Å². The smallest absolute Gasteiger partial charge is 0.328 e. The first kappa shape index (κ1) is 19.4. The summed E-state index contributed by atoms with van der Waals surface area (Å²) in [5.41, 5.74) is 2.82. The van der Waals surface area contributed by atoms with Crippen LogP contribution in [0.5, 0.6) is 0 Å². The number of nitrogens with zero attached hydrogens (tertiary/aromatic N) is 2. The predicted molar refractivity (Wildman–Crippen MR) is 104 cm³/mol. The third-order valence-corrected chi connectivity index (χ3v) is 5.30. The van der Waals surface area contributed by atoms with Crippen molar-refractivity contribution in [3.8, 4) is 0 Å². The highest BCUT2D eigenvalue weighted by molar-refractivity contribution is 9.10. The summed E-state index contributed by atoms with van der Waals surface area (Å²) < 4.78 is 5.80. The summed E-state index contributed by atoms with van der Waals surface area (Å²) in [6.07, 6.45) is 2.34. The van der Waals surface area contributed by atoms with Gasteiger partial charge in [0.1, 0.15) is 12.1 Å². The molecule has 1 aliphatic heterocycles. The number of halogens is 1. The van der Waals surface area contributed by atoms with Crippen molar-refractivity contribution in [1.29, 1.82) is 0 Å². The van der Waals surface area contributed by atoms with Crippen LogP contribution in [0.3, 0.4) is 0 Å². The number of aromatic nitrogens is 2. The number of carbonyl (C=O) groups is 2. The van der Waals surface area contributed by atoms with Crippen molar-refractivity contribution in [2.24, 2.45) is 5.92 Å². The van der Waals surface area contributed by atoms with Gasteiger partial charge in [0, 0.05) is 23.1 Å². The van der Waals surface area contributed by atoms with Crippen LogP contribution in [-0.2, 0) is 16.0 Å². The van der Waals surface area contributed by atoms with Crippen molar-refractivity contribution in [2.75, 3.05) is 13.7 Å². The van der Waals surface area contributed by atoms with E-state index in [1.165, 1.54) is 7.11 Å². The lowest BCUT2D eigenvalue weighted by Gasteiger charge is -2.36. The number of fused-ring (bicyclic) bond motifs is 1. The van der Waals surface area contributed by atoms with E-state index in [0.29, 0.717) is 13.0 Å². The number of ether oxygens (including phenoxy) is 1. The standard InChI is InChI=1S/C19H23BrN4O3/c1-11(2)15(18(25)27-3)23-19(26)24-9-8-14-16(22-10-21-14)17(24)12-4-6-13(20)7-5-12/h4-7,10-11,15,17H,8-9H2,1-3H3,(H,21,22)(H,23,26)/t15-,17?/m0/s1. The molecule has 2 amide bonds. The first-order valence-electron chi connectivity index (χ1n) is 8.85. The van der Waals surface area contributed by atoms with Gasteiger partial charge < -0.3 is 19.9 Å². The number of methoxy groups -OCH3 is 1. The lowest BCUT2D eigenvalue weighted by atomic mass is 9.96. The highest BCUT2D eigenvalue weighted by Gasteiger charge is 2.36. The molecule has 1 aromatic carbocycles. The topological polar surface area (TPSA) is 87.3 Å².